The van der Waals surface area contributed by atoms with Crippen LogP contribution in [0.3, 0.4) is 0 Å². The Kier molecular flexibility index (Phi) is 1.92. The first-order valence-corrected chi connectivity index (χ1v) is 5.73. The molecular formula is C10H9N3OS. The van der Waals surface area contributed by atoms with Gasteiger partial charge in [0, 0.05) is 13.0 Å². The van der Waals surface area contributed by atoms with Gasteiger partial charge in [-0.1, -0.05) is 0 Å². The molecule has 76 valence electrons. The van der Waals surface area contributed by atoms with E-state index in [9.17, 15) is 4.79 Å². The zero-order valence-electron chi connectivity index (χ0n) is 8.01. The lowest BCUT2D eigenvalue weighted by molar-refractivity contribution is -0.117. The highest BCUT2D eigenvalue weighted by molar-refractivity contribution is 7.16. The van der Waals surface area contributed by atoms with Gasteiger partial charge in [-0.05, 0) is 18.6 Å². The molecule has 1 saturated heterocycles. The molecule has 0 bridgehead atoms. The van der Waals surface area contributed by atoms with Crippen LogP contribution >= 0.6 is 11.3 Å². The maximum Gasteiger partial charge on any atom is 0.228 e. The summed E-state index contributed by atoms with van der Waals surface area (Å²) in [6, 6.07) is 3.78. The Balaban J connectivity index is 2.06. The van der Waals surface area contributed by atoms with Gasteiger partial charge < -0.3 is 0 Å². The minimum Gasteiger partial charge on any atom is -0.297 e. The number of thiazole rings is 1. The van der Waals surface area contributed by atoms with E-state index in [-0.39, 0.29) is 5.91 Å². The molecule has 0 aromatic carbocycles. The van der Waals surface area contributed by atoms with Crippen LogP contribution in [0.1, 0.15) is 12.8 Å². The number of aromatic nitrogens is 2. The van der Waals surface area contributed by atoms with Crippen molar-refractivity contribution in [3.63, 3.8) is 0 Å². The molecule has 5 heteroatoms. The minimum absolute atomic E-state index is 0.173. The minimum atomic E-state index is 0.173. The largest absolute Gasteiger partial charge is 0.297 e. The number of nitrogens with zero attached hydrogens (tertiary/aromatic N) is 3. The Morgan fingerprint density at radius 1 is 1.40 bits per heavy atom. The summed E-state index contributed by atoms with van der Waals surface area (Å²) >= 11 is 1.50. The zero-order chi connectivity index (χ0) is 10.3. The van der Waals surface area contributed by atoms with E-state index in [0.717, 1.165) is 29.1 Å². The Morgan fingerprint density at radius 2 is 2.33 bits per heavy atom. The third kappa shape index (κ3) is 1.39. The summed E-state index contributed by atoms with van der Waals surface area (Å²) in [5.41, 5.74) is 2.67. The lowest BCUT2D eigenvalue weighted by atomic mass is 10.4. The van der Waals surface area contributed by atoms with Gasteiger partial charge in [0.1, 0.15) is 16.2 Å². The lowest BCUT2D eigenvalue weighted by Gasteiger charge is -2.13. The Morgan fingerprint density at radius 3 is 3.13 bits per heavy atom. The van der Waals surface area contributed by atoms with E-state index < -0.39 is 0 Å². The molecule has 2 aromatic rings. The second-order valence-electron chi connectivity index (χ2n) is 3.50. The number of rotatable bonds is 1. The first-order chi connectivity index (χ1) is 7.34. The first-order valence-electron chi connectivity index (χ1n) is 4.85. The van der Waals surface area contributed by atoms with Crippen LogP contribution in [-0.2, 0) is 4.79 Å². The van der Waals surface area contributed by atoms with Gasteiger partial charge in [-0.2, -0.15) is 0 Å². The lowest BCUT2D eigenvalue weighted by Crippen LogP contribution is -2.24. The van der Waals surface area contributed by atoms with Crippen LogP contribution in [0.2, 0.25) is 0 Å². The fourth-order valence-corrected chi connectivity index (χ4v) is 2.44. The van der Waals surface area contributed by atoms with Crippen LogP contribution in [0.15, 0.2) is 17.6 Å². The molecule has 0 radical (unpaired) electrons. The van der Waals surface area contributed by atoms with E-state index in [1.54, 1.807) is 10.4 Å². The monoisotopic (exact) mass is 219 g/mol. The van der Waals surface area contributed by atoms with E-state index in [4.69, 9.17) is 0 Å². The van der Waals surface area contributed by atoms with Crippen molar-refractivity contribution in [2.45, 2.75) is 12.8 Å². The summed E-state index contributed by atoms with van der Waals surface area (Å²) in [6.45, 7) is 0.788. The summed E-state index contributed by atoms with van der Waals surface area (Å²) in [5, 5.41) is 0. The molecule has 0 N–H and O–H groups in total. The molecule has 3 heterocycles. The molecule has 1 aliphatic heterocycles. The van der Waals surface area contributed by atoms with E-state index >= 15 is 0 Å². The van der Waals surface area contributed by atoms with Crippen molar-refractivity contribution in [1.82, 2.24) is 9.97 Å². The molecule has 0 atom stereocenters. The Labute approximate surface area is 90.6 Å². The number of pyridine rings is 1. The molecule has 0 saturated carbocycles. The van der Waals surface area contributed by atoms with Gasteiger partial charge in [-0.15, -0.1) is 11.3 Å². The Hall–Kier alpha value is -1.49. The summed E-state index contributed by atoms with van der Waals surface area (Å²) < 4.78 is 0. The van der Waals surface area contributed by atoms with Gasteiger partial charge in [-0.25, -0.2) is 9.97 Å². The molecule has 15 heavy (non-hydrogen) atoms. The molecule has 1 fully saturated rings. The third-order valence-electron chi connectivity index (χ3n) is 2.53. The van der Waals surface area contributed by atoms with Gasteiger partial charge in [0.2, 0.25) is 5.91 Å². The van der Waals surface area contributed by atoms with Crippen molar-refractivity contribution in [3.05, 3.63) is 17.6 Å². The van der Waals surface area contributed by atoms with Crippen molar-refractivity contribution in [2.24, 2.45) is 0 Å². The molecule has 4 nitrogen and oxygen atoms in total. The van der Waals surface area contributed by atoms with Crippen molar-refractivity contribution < 1.29 is 4.79 Å². The van der Waals surface area contributed by atoms with Crippen LogP contribution < -0.4 is 4.90 Å². The SMILES string of the molecule is O=C1CCCN1c1ccc2ncsc2n1. The van der Waals surface area contributed by atoms with Crippen LogP contribution in [0, 0.1) is 0 Å². The van der Waals surface area contributed by atoms with Crippen LogP contribution in [0.5, 0.6) is 0 Å². The fraction of sp³-hybridized carbons (Fsp3) is 0.300. The van der Waals surface area contributed by atoms with Crippen molar-refractivity contribution in [2.75, 3.05) is 11.4 Å². The van der Waals surface area contributed by atoms with E-state index in [2.05, 4.69) is 9.97 Å². The quantitative estimate of drug-likeness (QED) is 0.735. The number of carbonyl (C=O) groups is 1. The maximum atomic E-state index is 11.5. The van der Waals surface area contributed by atoms with Crippen LogP contribution in [0.4, 0.5) is 5.82 Å². The molecule has 1 amide bonds. The molecule has 1 aliphatic rings. The Bertz CT molecular complexity index is 522. The second-order valence-corrected chi connectivity index (χ2v) is 4.33. The molecule has 0 spiro atoms. The van der Waals surface area contributed by atoms with Gasteiger partial charge in [-0.3, -0.25) is 9.69 Å². The summed E-state index contributed by atoms with van der Waals surface area (Å²) in [4.78, 5) is 22.8. The predicted molar refractivity (Wildman–Crippen MR) is 59.0 cm³/mol. The average molecular weight is 219 g/mol. The molecule has 2 aromatic heterocycles. The van der Waals surface area contributed by atoms with Crippen LogP contribution in [0.25, 0.3) is 10.3 Å². The highest BCUT2D eigenvalue weighted by Gasteiger charge is 2.22. The average Bonchev–Trinajstić information content (AvgIpc) is 2.84. The number of fused-ring (bicyclic) bond motifs is 1. The van der Waals surface area contributed by atoms with Crippen molar-refractivity contribution in [3.8, 4) is 0 Å². The van der Waals surface area contributed by atoms with Gasteiger partial charge in [0.15, 0.2) is 0 Å². The van der Waals surface area contributed by atoms with Gasteiger partial charge in [0.05, 0.1) is 5.51 Å². The smallest absolute Gasteiger partial charge is 0.228 e. The van der Waals surface area contributed by atoms with Crippen molar-refractivity contribution in [1.29, 1.82) is 0 Å². The summed E-state index contributed by atoms with van der Waals surface area (Å²) in [6.07, 6.45) is 1.57. The highest BCUT2D eigenvalue weighted by Crippen LogP contribution is 2.23. The number of hydrogen-bond acceptors (Lipinski definition) is 4. The van der Waals surface area contributed by atoms with E-state index in [1.165, 1.54) is 11.3 Å². The molecule has 3 rings (SSSR count). The highest BCUT2D eigenvalue weighted by atomic mass is 32.1. The van der Waals surface area contributed by atoms with Gasteiger partial charge >= 0.3 is 0 Å². The number of carbonyl (C=O) groups excluding carboxylic acids is 1. The predicted octanol–water partition coefficient (Wildman–Crippen LogP) is 1.82. The topological polar surface area (TPSA) is 46.1 Å². The number of amides is 1. The molecule has 0 unspecified atom stereocenters. The maximum absolute atomic E-state index is 11.5. The van der Waals surface area contributed by atoms with E-state index in [1.807, 2.05) is 12.1 Å². The number of hydrogen-bond donors (Lipinski definition) is 0. The second kappa shape index (κ2) is 3.27. The zero-order valence-corrected chi connectivity index (χ0v) is 8.83. The summed E-state index contributed by atoms with van der Waals surface area (Å²) in [5.74, 6) is 0.931. The standard InChI is InChI=1S/C10H9N3OS/c14-9-2-1-5-13(9)8-4-3-7-10(12-8)15-6-11-7/h3-4,6H,1-2,5H2. The summed E-state index contributed by atoms with van der Waals surface area (Å²) in [7, 11) is 0. The fourth-order valence-electron chi connectivity index (χ4n) is 1.78. The molecular weight excluding hydrogens is 210 g/mol. The van der Waals surface area contributed by atoms with Crippen molar-refractivity contribution >= 4 is 33.4 Å². The first kappa shape index (κ1) is 8.79. The normalized spacial score (nSPS) is 16.5. The molecule has 0 aliphatic carbocycles. The third-order valence-corrected chi connectivity index (χ3v) is 3.27. The van der Waals surface area contributed by atoms with E-state index in [0.29, 0.717) is 6.42 Å². The van der Waals surface area contributed by atoms with Crippen LogP contribution in [-0.4, -0.2) is 22.4 Å². The van der Waals surface area contributed by atoms with Gasteiger partial charge in [0.25, 0.3) is 0 Å². The number of anilines is 1.